The van der Waals surface area contributed by atoms with Crippen molar-refractivity contribution < 1.29 is 14.0 Å². The molecule has 0 atom stereocenters. The Bertz CT molecular complexity index is 759. The largest absolute Gasteiger partial charge is 0.354 e. The highest BCUT2D eigenvalue weighted by atomic mass is 19.1. The highest BCUT2D eigenvalue weighted by Gasteiger charge is 2.07. The number of benzene rings is 2. The Morgan fingerprint density at radius 3 is 2.28 bits per heavy atom. The van der Waals surface area contributed by atoms with Crippen molar-refractivity contribution in [3.8, 4) is 0 Å². The first-order chi connectivity index (χ1) is 11.9. The van der Waals surface area contributed by atoms with E-state index in [9.17, 15) is 14.0 Å². The Balaban J connectivity index is 1.69. The molecule has 0 fully saturated rings. The second kappa shape index (κ2) is 8.97. The van der Waals surface area contributed by atoms with Gasteiger partial charge in [0.15, 0.2) is 0 Å². The minimum atomic E-state index is -0.357. The molecule has 2 aromatic carbocycles. The first kappa shape index (κ1) is 18.6. The Labute approximate surface area is 147 Å². The highest BCUT2D eigenvalue weighted by Crippen LogP contribution is 2.11. The topological polar surface area (TPSA) is 58.2 Å². The maximum absolute atomic E-state index is 13.1. The van der Waals surface area contributed by atoms with E-state index in [0.29, 0.717) is 25.1 Å². The third-order valence-electron chi connectivity index (χ3n) is 3.88. The van der Waals surface area contributed by atoms with Crippen molar-refractivity contribution in [2.75, 3.05) is 13.1 Å². The van der Waals surface area contributed by atoms with Crippen molar-refractivity contribution in [1.82, 2.24) is 10.6 Å². The van der Waals surface area contributed by atoms with Crippen LogP contribution >= 0.6 is 0 Å². The average Bonchev–Trinajstić information content (AvgIpc) is 2.55. The molecule has 2 aromatic rings. The lowest BCUT2D eigenvalue weighted by molar-refractivity contribution is -0.122. The maximum Gasteiger partial charge on any atom is 0.224 e. The number of carbonyl (C=O) groups is 2. The predicted octanol–water partition coefficient (Wildman–Crippen LogP) is 2.46. The summed E-state index contributed by atoms with van der Waals surface area (Å²) in [6.45, 7) is 4.68. The van der Waals surface area contributed by atoms with Crippen molar-refractivity contribution in [2.24, 2.45) is 0 Å². The summed E-state index contributed by atoms with van der Waals surface area (Å²) in [6, 6.07) is 12.0. The standard InChI is InChI=1S/C20H23FN2O2/c1-14-6-7-15(2)17(10-14)13-20(25)23-9-8-22-19(24)12-16-4-3-5-18(21)11-16/h3-7,10-11H,8-9,12-13H2,1-2H3,(H,22,24)(H,23,25). The van der Waals surface area contributed by atoms with Crippen LogP contribution in [0.15, 0.2) is 42.5 Å². The fourth-order valence-corrected chi connectivity index (χ4v) is 2.52. The Morgan fingerprint density at radius 2 is 1.60 bits per heavy atom. The number of amides is 2. The molecule has 4 nitrogen and oxygen atoms in total. The van der Waals surface area contributed by atoms with Gasteiger partial charge < -0.3 is 10.6 Å². The van der Waals surface area contributed by atoms with Gasteiger partial charge in [0.1, 0.15) is 5.82 Å². The zero-order chi connectivity index (χ0) is 18.2. The van der Waals surface area contributed by atoms with E-state index in [1.807, 2.05) is 32.0 Å². The summed E-state index contributed by atoms with van der Waals surface area (Å²) < 4.78 is 13.1. The fourth-order valence-electron chi connectivity index (χ4n) is 2.52. The van der Waals surface area contributed by atoms with Gasteiger partial charge in [-0.2, -0.15) is 0 Å². The van der Waals surface area contributed by atoms with Crippen molar-refractivity contribution in [3.63, 3.8) is 0 Å². The van der Waals surface area contributed by atoms with Gasteiger partial charge in [-0.25, -0.2) is 4.39 Å². The van der Waals surface area contributed by atoms with E-state index in [-0.39, 0.29) is 24.1 Å². The molecule has 0 saturated heterocycles. The number of hydrogen-bond donors (Lipinski definition) is 2. The van der Waals surface area contributed by atoms with E-state index in [2.05, 4.69) is 10.6 Å². The monoisotopic (exact) mass is 342 g/mol. The molecular formula is C20H23FN2O2. The van der Waals surface area contributed by atoms with Gasteiger partial charge in [0.2, 0.25) is 11.8 Å². The summed E-state index contributed by atoms with van der Waals surface area (Å²) in [6.07, 6.45) is 0.443. The molecular weight excluding hydrogens is 319 g/mol. The number of halogens is 1. The number of aryl methyl sites for hydroxylation is 2. The molecule has 2 amide bonds. The fraction of sp³-hybridized carbons (Fsp3) is 0.300. The van der Waals surface area contributed by atoms with Crippen molar-refractivity contribution in [1.29, 1.82) is 0 Å². The van der Waals surface area contributed by atoms with Crippen LogP contribution in [0.5, 0.6) is 0 Å². The molecule has 0 aromatic heterocycles. The molecule has 132 valence electrons. The van der Waals surface area contributed by atoms with Gasteiger partial charge >= 0.3 is 0 Å². The summed E-state index contributed by atoms with van der Waals surface area (Å²) in [5, 5.41) is 5.51. The minimum Gasteiger partial charge on any atom is -0.354 e. The third-order valence-corrected chi connectivity index (χ3v) is 3.88. The quantitative estimate of drug-likeness (QED) is 0.760. The molecule has 0 spiro atoms. The molecule has 25 heavy (non-hydrogen) atoms. The zero-order valence-corrected chi connectivity index (χ0v) is 14.6. The molecule has 0 aliphatic rings. The minimum absolute atomic E-state index is 0.0759. The van der Waals surface area contributed by atoms with Crippen LogP contribution in [-0.2, 0) is 22.4 Å². The second-order valence-electron chi connectivity index (χ2n) is 6.11. The predicted molar refractivity (Wildman–Crippen MR) is 95.7 cm³/mol. The Hall–Kier alpha value is -2.69. The van der Waals surface area contributed by atoms with E-state index >= 15 is 0 Å². The Morgan fingerprint density at radius 1 is 0.920 bits per heavy atom. The van der Waals surface area contributed by atoms with Gasteiger partial charge in [-0.05, 0) is 42.7 Å². The molecule has 0 bridgehead atoms. The number of carbonyl (C=O) groups excluding carboxylic acids is 2. The first-order valence-electron chi connectivity index (χ1n) is 8.28. The van der Waals surface area contributed by atoms with E-state index in [4.69, 9.17) is 0 Å². The van der Waals surface area contributed by atoms with Crippen LogP contribution < -0.4 is 10.6 Å². The van der Waals surface area contributed by atoms with Gasteiger partial charge in [-0.15, -0.1) is 0 Å². The number of rotatable bonds is 7. The summed E-state index contributed by atoms with van der Waals surface area (Å²) in [5.41, 5.74) is 3.84. The van der Waals surface area contributed by atoms with Crippen molar-refractivity contribution in [3.05, 3.63) is 70.5 Å². The molecule has 2 N–H and O–H groups in total. The van der Waals surface area contributed by atoms with Crippen LogP contribution in [-0.4, -0.2) is 24.9 Å². The molecule has 0 heterocycles. The lowest BCUT2D eigenvalue weighted by atomic mass is 10.0. The SMILES string of the molecule is Cc1ccc(C)c(CC(=O)NCCNC(=O)Cc2cccc(F)c2)c1. The first-order valence-corrected chi connectivity index (χ1v) is 8.28. The molecule has 2 rings (SSSR count). The molecule has 0 saturated carbocycles. The van der Waals surface area contributed by atoms with Crippen LogP contribution in [0, 0.1) is 19.7 Å². The third kappa shape index (κ3) is 6.37. The van der Waals surface area contributed by atoms with Gasteiger partial charge in [0, 0.05) is 13.1 Å². The van der Waals surface area contributed by atoms with Gasteiger partial charge in [-0.3, -0.25) is 9.59 Å². The van der Waals surface area contributed by atoms with Gasteiger partial charge in [0.05, 0.1) is 12.8 Å². The summed E-state index contributed by atoms with van der Waals surface area (Å²) in [5.74, 6) is -0.633. The molecule has 5 heteroatoms. The second-order valence-corrected chi connectivity index (χ2v) is 6.11. The van der Waals surface area contributed by atoms with Crippen molar-refractivity contribution in [2.45, 2.75) is 26.7 Å². The molecule has 0 unspecified atom stereocenters. The van der Waals surface area contributed by atoms with E-state index in [1.165, 1.54) is 12.1 Å². The maximum atomic E-state index is 13.1. The van der Waals surface area contributed by atoms with Crippen molar-refractivity contribution >= 4 is 11.8 Å². The molecule has 0 aliphatic carbocycles. The van der Waals surface area contributed by atoms with Gasteiger partial charge in [0.25, 0.3) is 0 Å². The number of hydrogen-bond acceptors (Lipinski definition) is 2. The van der Waals surface area contributed by atoms with Crippen LogP contribution in [0.1, 0.15) is 22.3 Å². The molecule has 0 radical (unpaired) electrons. The van der Waals surface area contributed by atoms with Gasteiger partial charge in [-0.1, -0.05) is 35.9 Å². The lowest BCUT2D eigenvalue weighted by Gasteiger charge is -2.09. The van der Waals surface area contributed by atoms with E-state index in [1.54, 1.807) is 12.1 Å². The lowest BCUT2D eigenvalue weighted by Crippen LogP contribution is -2.36. The van der Waals surface area contributed by atoms with Crippen LogP contribution in [0.2, 0.25) is 0 Å². The summed E-state index contributed by atoms with van der Waals surface area (Å²) in [4.78, 5) is 23.8. The average molecular weight is 342 g/mol. The normalized spacial score (nSPS) is 10.4. The highest BCUT2D eigenvalue weighted by molar-refractivity contribution is 5.80. The smallest absolute Gasteiger partial charge is 0.224 e. The van der Waals surface area contributed by atoms with Crippen LogP contribution in [0.3, 0.4) is 0 Å². The Kier molecular flexibility index (Phi) is 6.69. The van der Waals surface area contributed by atoms with Crippen LogP contribution in [0.25, 0.3) is 0 Å². The van der Waals surface area contributed by atoms with E-state index in [0.717, 1.165) is 16.7 Å². The summed E-state index contributed by atoms with van der Waals surface area (Å²) in [7, 11) is 0. The molecule has 0 aliphatic heterocycles. The zero-order valence-electron chi connectivity index (χ0n) is 14.6. The summed E-state index contributed by atoms with van der Waals surface area (Å²) >= 11 is 0. The van der Waals surface area contributed by atoms with Crippen LogP contribution in [0.4, 0.5) is 4.39 Å². The number of nitrogens with one attached hydrogen (secondary N) is 2. The van der Waals surface area contributed by atoms with E-state index < -0.39 is 0 Å².